The van der Waals surface area contributed by atoms with E-state index in [1.54, 1.807) is 6.07 Å². The van der Waals surface area contributed by atoms with Crippen LogP contribution in [-0.2, 0) is 6.42 Å². The van der Waals surface area contributed by atoms with Gasteiger partial charge in [0, 0.05) is 25.0 Å². The number of aliphatic hydroxyl groups is 1. The first-order valence-corrected chi connectivity index (χ1v) is 5.91. The summed E-state index contributed by atoms with van der Waals surface area (Å²) in [6.45, 7) is 2.11. The van der Waals surface area contributed by atoms with Crippen molar-refractivity contribution in [1.82, 2.24) is 5.32 Å². The van der Waals surface area contributed by atoms with E-state index in [1.807, 2.05) is 25.1 Å². The lowest BCUT2D eigenvalue weighted by molar-refractivity contribution is 0.0911. The molecule has 1 aliphatic carbocycles. The highest BCUT2D eigenvalue weighted by atomic mass is 16.3. The fourth-order valence-corrected chi connectivity index (χ4v) is 1.95. The van der Waals surface area contributed by atoms with Crippen LogP contribution in [0.25, 0.3) is 0 Å². The molecule has 0 bridgehead atoms. The lowest BCUT2D eigenvalue weighted by atomic mass is 10.1. The number of aliphatic hydroxyl groups excluding tert-OH is 1. The van der Waals surface area contributed by atoms with Crippen LogP contribution in [0.5, 0.6) is 0 Å². The molecule has 4 nitrogen and oxygen atoms in total. The summed E-state index contributed by atoms with van der Waals surface area (Å²) in [6.07, 6.45) is 5.39. The molecular weight excluding hydrogens is 218 g/mol. The summed E-state index contributed by atoms with van der Waals surface area (Å²) < 4.78 is 5.37. The third kappa shape index (κ3) is 2.77. The monoisotopic (exact) mass is 235 g/mol. The van der Waals surface area contributed by atoms with Crippen LogP contribution in [-0.4, -0.2) is 23.7 Å². The van der Waals surface area contributed by atoms with Gasteiger partial charge in [-0.05, 0) is 18.6 Å². The molecule has 4 heteroatoms. The van der Waals surface area contributed by atoms with Gasteiger partial charge in [0.1, 0.15) is 5.76 Å². The van der Waals surface area contributed by atoms with Gasteiger partial charge in [0.2, 0.25) is 0 Å². The van der Waals surface area contributed by atoms with Crippen molar-refractivity contribution in [2.24, 2.45) is 5.92 Å². The first kappa shape index (κ1) is 11.9. The van der Waals surface area contributed by atoms with E-state index in [1.165, 1.54) is 0 Å². The molecule has 0 unspecified atom stereocenters. The lowest BCUT2D eigenvalue weighted by Gasteiger charge is -2.11. The van der Waals surface area contributed by atoms with Crippen LogP contribution in [0.2, 0.25) is 0 Å². The Labute approximate surface area is 100 Å². The Hall–Kier alpha value is -1.55. The van der Waals surface area contributed by atoms with E-state index in [2.05, 4.69) is 5.32 Å². The highest BCUT2D eigenvalue weighted by Gasteiger charge is 2.21. The predicted octanol–water partition coefficient (Wildman–Crippen LogP) is 1.51. The van der Waals surface area contributed by atoms with Crippen LogP contribution >= 0.6 is 0 Å². The van der Waals surface area contributed by atoms with E-state index in [4.69, 9.17) is 9.52 Å². The molecular formula is C13H17NO3. The molecule has 0 spiro atoms. The molecule has 2 N–H and O–H groups in total. The van der Waals surface area contributed by atoms with Crippen LogP contribution < -0.4 is 5.32 Å². The third-order valence-electron chi connectivity index (χ3n) is 2.96. The fraction of sp³-hybridized carbons (Fsp3) is 0.462. The zero-order chi connectivity index (χ0) is 12.3. The van der Waals surface area contributed by atoms with Crippen molar-refractivity contribution >= 4 is 5.91 Å². The normalized spacial score (nSPS) is 22.9. The Morgan fingerprint density at radius 1 is 1.53 bits per heavy atom. The Balaban J connectivity index is 1.91. The van der Waals surface area contributed by atoms with Gasteiger partial charge in [-0.1, -0.05) is 19.1 Å². The number of aryl methyl sites for hydroxylation is 1. The number of amides is 1. The molecule has 0 radical (unpaired) electrons. The lowest BCUT2D eigenvalue weighted by Crippen LogP contribution is -2.32. The van der Waals surface area contributed by atoms with Gasteiger partial charge in [-0.3, -0.25) is 4.79 Å². The zero-order valence-corrected chi connectivity index (χ0v) is 9.85. The topological polar surface area (TPSA) is 62.5 Å². The number of hydrogen-bond acceptors (Lipinski definition) is 3. The molecule has 2 atom stereocenters. The van der Waals surface area contributed by atoms with Crippen LogP contribution in [0, 0.1) is 5.92 Å². The predicted molar refractivity (Wildman–Crippen MR) is 63.7 cm³/mol. The molecule has 2 rings (SSSR count). The smallest absolute Gasteiger partial charge is 0.287 e. The molecule has 0 saturated heterocycles. The van der Waals surface area contributed by atoms with E-state index in [9.17, 15) is 4.79 Å². The number of carbonyl (C=O) groups is 1. The minimum absolute atomic E-state index is 0.00479. The van der Waals surface area contributed by atoms with Crippen molar-refractivity contribution in [2.45, 2.75) is 25.8 Å². The number of furan rings is 1. The number of rotatable bonds is 4. The zero-order valence-electron chi connectivity index (χ0n) is 9.85. The van der Waals surface area contributed by atoms with Crippen molar-refractivity contribution in [3.05, 3.63) is 35.8 Å². The van der Waals surface area contributed by atoms with Crippen LogP contribution in [0.3, 0.4) is 0 Å². The van der Waals surface area contributed by atoms with Gasteiger partial charge in [-0.15, -0.1) is 0 Å². The van der Waals surface area contributed by atoms with Crippen molar-refractivity contribution in [1.29, 1.82) is 0 Å². The minimum Gasteiger partial charge on any atom is -0.456 e. The van der Waals surface area contributed by atoms with Gasteiger partial charge in [0.25, 0.3) is 5.91 Å². The second-order valence-corrected chi connectivity index (χ2v) is 4.26. The second kappa shape index (κ2) is 5.19. The van der Waals surface area contributed by atoms with Crippen LogP contribution in [0.4, 0.5) is 0 Å². The van der Waals surface area contributed by atoms with Crippen LogP contribution in [0.15, 0.2) is 28.7 Å². The second-order valence-electron chi connectivity index (χ2n) is 4.26. The summed E-state index contributed by atoms with van der Waals surface area (Å²) in [7, 11) is 0. The maximum atomic E-state index is 11.8. The highest BCUT2D eigenvalue weighted by molar-refractivity contribution is 5.91. The summed E-state index contributed by atoms with van der Waals surface area (Å²) in [4.78, 5) is 11.8. The Morgan fingerprint density at radius 3 is 2.94 bits per heavy atom. The standard InChI is InChI=1S/C13H17NO3/c1-2-11-5-6-12(17-11)13(16)14-10-4-3-9(7-10)8-15/h3-6,9-10,15H,2,7-8H2,1H3,(H,14,16)/t9-,10+/m0/s1. The quantitative estimate of drug-likeness (QED) is 0.777. The van der Waals surface area contributed by atoms with Gasteiger partial charge in [-0.2, -0.15) is 0 Å². The molecule has 92 valence electrons. The van der Waals surface area contributed by atoms with Crippen LogP contribution in [0.1, 0.15) is 29.7 Å². The maximum Gasteiger partial charge on any atom is 0.287 e. The summed E-state index contributed by atoms with van der Waals surface area (Å²) >= 11 is 0. The first-order chi connectivity index (χ1) is 8.22. The Bertz CT molecular complexity index is 422. The number of nitrogens with one attached hydrogen (secondary N) is 1. The van der Waals surface area contributed by atoms with E-state index in [0.717, 1.165) is 18.6 Å². The molecule has 1 aromatic heterocycles. The summed E-state index contributed by atoms with van der Waals surface area (Å²) in [5.41, 5.74) is 0. The first-order valence-electron chi connectivity index (χ1n) is 5.91. The molecule has 1 amide bonds. The Morgan fingerprint density at radius 2 is 2.35 bits per heavy atom. The van der Waals surface area contributed by atoms with E-state index < -0.39 is 0 Å². The average Bonchev–Trinajstić information content (AvgIpc) is 2.96. The van der Waals surface area contributed by atoms with E-state index >= 15 is 0 Å². The van der Waals surface area contributed by atoms with Crippen molar-refractivity contribution in [2.75, 3.05) is 6.61 Å². The fourth-order valence-electron chi connectivity index (χ4n) is 1.95. The van der Waals surface area contributed by atoms with Crippen molar-refractivity contribution in [3.63, 3.8) is 0 Å². The number of carbonyl (C=O) groups excluding carboxylic acids is 1. The van der Waals surface area contributed by atoms with Crippen molar-refractivity contribution < 1.29 is 14.3 Å². The highest BCUT2D eigenvalue weighted by Crippen LogP contribution is 2.17. The van der Waals surface area contributed by atoms with Gasteiger partial charge >= 0.3 is 0 Å². The molecule has 17 heavy (non-hydrogen) atoms. The van der Waals surface area contributed by atoms with Crippen molar-refractivity contribution in [3.8, 4) is 0 Å². The average molecular weight is 235 g/mol. The minimum atomic E-state index is -0.196. The van der Waals surface area contributed by atoms with Gasteiger partial charge in [0.15, 0.2) is 5.76 Å². The van der Waals surface area contributed by atoms with E-state index in [-0.39, 0.29) is 24.5 Å². The molecule has 0 saturated carbocycles. The third-order valence-corrected chi connectivity index (χ3v) is 2.96. The van der Waals surface area contributed by atoms with E-state index in [0.29, 0.717) is 5.76 Å². The summed E-state index contributed by atoms with van der Waals surface area (Å²) in [6, 6.07) is 3.50. The molecule has 0 aromatic carbocycles. The Kier molecular flexibility index (Phi) is 3.64. The van der Waals surface area contributed by atoms with Gasteiger partial charge in [0.05, 0.1) is 0 Å². The number of hydrogen-bond donors (Lipinski definition) is 2. The summed E-state index contributed by atoms with van der Waals surface area (Å²) in [5, 5.41) is 11.9. The maximum absolute atomic E-state index is 11.8. The molecule has 0 aliphatic heterocycles. The molecule has 1 heterocycles. The van der Waals surface area contributed by atoms with Gasteiger partial charge < -0.3 is 14.8 Å². The SMILES string of the molecule is CCc1ccc(C(=O)N[C@@H]2C=C[C@H](CO)C2)o1. The summed E-state index contributed by atoms with van der Waals surface area (Å²) in [5.74, 6) is 1.12. The molecule has 1 aromatic rings. The largest absolute Gasteiger partial charge is 0.456 e. The molecule has 1 aliphatic rings. The van der Waals surface area contributed by atoms with Gasteiger partial charge in [-0.25, -0.2) is 0 Å². The molecule has 0 fully saturated rings.